The molecule has 1 aromatic heterocycles. The molecule has 1 N–H and O–H groups in total. The molecule has 1 aliphatic carbocycles. The maximum absolute atomic E-state index is 13.2. The normalized spacial score (nSPS) is 14.7. The monoisotopic (exact) mass is 342 g/mol. The van der Waals surface area contributed by atoms with Gasteiger partial charge in [-0.1, -0.05) is 12.8 Å². The molecule has 1 aromatic carbocycles. The van der Waals surface area contributed by atoms with Gasteiger partial charge in [-0.15, -0.1) is 0 Å². The summed E-state index contributed by atoms with van der Waals surface area (Å²) in [6.07, 6.45) is 4.37. The van der Waals surface area contributed by atoms with E-state index in [-0.39, 0.29) is 30.1 Å². The summed E-state index contributed by atoms with van der Waals surface area (Å²) >= 11 is 0. The first-order valence-electron chi connectivity index (χ1n) is 8.72. The first-order valence-corrected chi connectivity index (χ1v) is 8.72. The van der Waals surface area contributed by atoms with E-state index in [1.807, 2.05) is 11.5 Å². The van der Waals surface area contributed by atoms with Gasteiger partial charge < -0.3 is 9.88 Å². The van der Waals surface area contributed by atoms with Crippen molar-refractivity contribution in [3.05, 3.63) is 47.4 Å². The molecule has 0 radical (unpaired) electrons. The highest BCUT2D eigenvalue weighted by Gasteiger charge is 2.21. The van der Waals surface area contributed by atoms with Crippen molar-refractivity contribution >= 4 is 11.7 Å². The second kappa shape index (κ2) is 7.21. The average molecular weight is 342 g/mol. The van der Waals surface area contributed by atoms with Gasteiger partial charge in [0.25, 0.3) is 0 Å². The maximum Gasteiger partial charge on any atom is 0.240 e. The van der Waals surface area contributed by atoms with Crippen molar-refractivity contribution in [3.8, 4) is 11.3 Å². The van der Waals surface area contributed by atoms with Crippen molar-refractivity contribution < 1.29 is 14.0 Å². The zero-order valence-electron chi connectivity index (χ0n) is 14.6. The molecule has 4 nitrogen and oxygen atoms in total. The molecule has 2 aromatic rings. The molecule has 3 rings (SSSR count). The van der Waals surface area contributed by atoms with Gasteiger partial charge in [0.1, 0.15) is 12.4 Å². The molecule has 132 valence electrons. The first-order chi connectivity index (χ1) is 12.0. The molecule has 25 heavy (non-hydrogen) atoms. The fourth-order valence-electron chi connectivity index (χ4n) is 3.55. The van der Waals surface area contributed by atoms with Crippen molar-refractivity contribution in [2.75, 3.05) is 0 Å². The number of carbonyl (C=O) groups excluding carboxylic acids is 2. The third-order valence-electron chi connectivity index (χ3n) is 4.91. The Morgan fingerprint density at radius 1 is 1.20 bits per heavy atom. The minimum Gasteiger partial charge on any atom is -0.352 e. The van der Waals surface area contributed by atoms with Crippen molar-refractivity contribution in [2.45, 2.75) is 52.1 Å². The highest BCUT2D eigenvalue weighted by atomic mass is 19.1. The topological polar surface area (TPSA) is 51.1 Å². The van der Waals surface area contributed by atoms with Crippen LogP contribution in [0.2, 0.25) is 0 Å². The molecule has 0 saturated heterocycles. The second-order valence-electron chi connectivity index (χ2n) is 6.73. The Morgan fingerprint density at radius 3 is 2.44 bits per heavy atom. The maximum atomic E-state index is 13.2. The SMILES string of the molecule is CC(=O)c1cc(-c2ccc(F)cc2)n(CC(=O)NC2CCCC2)c1C. The fraction of sp³-hybridized carbons (Fsp3) is 0.400. The molecule has 1 amide bonds. The third-order valence-corrected chi connectivity index (χ3v) is 4.91. The van der Waals surface area contributed by atoms with E-state index in [9.17, 15) is 14.0 Å². The van der Waals surface area contributed by atoms with E-state index in [0.717, 1.165) is 42.6 Å². The van der Waals surface area contributed by atoms with Gasteiger partial charge in [0.2, 0.25) is 5.91 Å². The molecule has 5 heteroatoms. The molecule has 0 spiro atoms. The summed E-state index contributed by atoms with van der Waals surface area (Å²) in [5.74, 6) is -0.413. The smallest absolute Gasteiger partial charge is 0.240 e. The van der Waals surface area contributed by atoms with Crippen molar-refractivity contribution in [1.29, 1.82) is 0 Å². The van der Waals surface area contributed by atoms with E-state index < -0.39 is 0 Å². The molecule has 0 aliphatic heterocycles. The Morgan fingerprint density at radius 2 is 1.84 bits per heavy atom. The number of Topliss-reactive ketones (excluding diaryl/α,β-unsaturated/α-hetero) is 1. The van der Waals surface area contributed by atoms with Crippen LogP contribution in [-0.4, -0.2) is 22.3 Å². The van der Waals surface area contributed by atoms with E-state index in [2.05, 4.69) is 5.32 Å². The lowest BCUT2D eigenvalue weighted by molar-refractivity contribution is -0.122. The lowest BCUT2D eigenvalue weighted by Crippen LogP contribution is -2.35. The summed E-state index contributed by atoms with van der Waals surface area (Å²) in [7, 11) is 0. The van der Waals surface area contributed by atoms with Gasteiger partial charge in [-0.05, 0) is 62.6 Å². The Hall–Kier alpha value is -2.43. The number of rotatable bonds is 5. The quantitative estimate of drug-likeness (QED) is 0.839. The van der Waals surface area contributed by atoms with Crippen LogP contribution >= 0.6 is 0 Å². The number of benzene rings is 1. The van der Waals surface area contributed by atoms with E-state index >= 15 is 0 Å². The minimum atomic E-state index is -0.315. The fourth-order valence-corrected chi connectivity index (χ4v) is 3.55. The number of halogens is 1. The number of hydrogen-bond acceptors (Lipinski definition) is 2. The Bertz CT molecular complexity index is 787. The van der Waals surface area contributed by atoms with Gasteiger partial charge >= 0.3 is 0 Å². The standard InChI is InChI=1S/C20H23FN2O2/c1-13-18(14(2)24)11-19(15-7-9-16(21)10-8-15)23(13)12-20(25)22-17-5-3-4-6-17/h7-11,17H,3-6,12H2,1-2H3,(H,22,25). The minimum absolute atomic E-state index is 0.0455. The molecular weight excluding hydrogens is 319 g/mol. The number of nitrogens with one attached hydrogen (secondary N) is 1. The van der Waals surface area contributed by atoms with Crippen LogP contribution in [0.3, 0.4) is 0 Å². The summed E-state index contributed by atoms with van der Waals surface area (Å²) in [5.41, 5.74) is 2.89. The molecule has 1 saturated carbocycles. The largest absolute Gasteiger partial charge is 0.352 e. The number of aromatic nitrogens is 1. The zero-order chi connectivity index (χ0) is 18.0. The molecule has 0 unspecified atom stereocenters. The van der Waals surface area contributed by atoms with Crippen LogP contribution in [-0.2, 0) is 11.3 Å². The van der Waals surface area contributed by atoms with Gasteiger partial charge in [-0.25, -0.2) is 4.39 Å². The molecule has 1 fully saturated rings. The van der Waals surface area contributed by atoms with E-state index in [4.69, 9.17) is 0 Å². The number of ketones is 1. The average Bonchev–Trinajstić information content (AvgIpc) is 3.17. The molecule has 0 bridgehead atoms. The first kappa shape index (κ1) is 17.4. The number of amides is 1. The van der Waals surface area contributed by atoms with Crippen LogP contribution in [0.1, 0.15) is 48.7 Å². The predicted molar refractivity (Wildman–Crippen MR) is 95.0 cm³/mol. The van der Waals surface area contributed by atoms with Crippen LogP contribution in [0.4, 0.5) is 4.39 Å². The molecule has 0 atom stereocenters. The lowest BCUT2D eigenvalue weighted by Gasteiger charge is -2.15. The summed E-state index contributed by atoms with van der Waals surface area (Å²) in [4.78, 5) is 24.4. The second-order valence-corrected chi connectivity index (χ2v) is 6.73. The van der Waals surface area contributed by atoms with E-state index in [0.29, 0.717) is 5.56 Å². The van der Waals surface area contributed by atoms with Crippen LogP contribution in [0, 0.1) is 12.7 Å². The van der Waals surface area contributed by atoms with E-state index in [1.165, 1.54) is 19.1 Å². The third kappa shape index (κ3) is 3.81. The van der Waals surface area contributed by atoms with Gasteiger partial charge in [-0.2, -0.15) is 0 Å². The number of carbonyl (C=O) groups is 2. The number of hydrogen-bond donors (Lipinski definition) is 1. The van der Waals surface area contributed by atoms with Crippen LogP contribution in [0.15, 0.2) is 30.3 Å². The van der Waals surface area contributed by atoms with Gasteiger partial charge in [0, 0.05) is 23.0 Å². The van der Waals surface area contributed by atoms with Crippen molar-refractivity contribution in [1.82, 2.24) is 9.88 Å². The van der Waals surface area contributed by atoms with Crippen LogP contribution in [0.5, 0.6) is 0 Å². The molecular formula is C20H23FN2O2. The van der Waals surface area contributed by atoms with Crippen molar-refractivity contribution in [3.63, 3.8) is 0 Å². The lowest BCUT2D eigenvalue weighted by atomic mass is 10.1. The number of nitrogens with zero attached hydrogens (tertiary/aromatic N) is 1. The Balaban J connectivity index is 1.91. The Kier molecular flexibility index (Phi) is 5.02. The van der Waals surface area contributed by atoms with Gasteiger partial charge in [-0.3, -0.25) is 9.59 Å². The van der Waals surface area contributed by atoms with Crippen molar-refractivity contribution in [2.24, 2.45) is 0 Å². The van der Waals surface area contributed by atoms with Crippen LogP contribution < -0.4 is 5.32 Å². The summed E-state index contributed by atoms with van der Waals surface area (Å²) in [5, 5.41) is 3.08. The Labute approximate surface area is 147 Å². The highest BCUT2D eigenvalue weighted by Crippen LogP contribution is 2.27. The van der Waals surface area contributed by atoms with Crippen LogP contribution in [0.25, 0.3) is 11.3 Å². The highest BCUT2D eigenvalue weighted by molar-refractivity contribution is 5.97. The zero-order valence-corrected chi connectivity index (χ0v) is 14.6. The summed E-state index contributed by atoms with van der Waals surface area (Å²) in [6, 6.07) is 8.14. The molecule has 1 heterocycles. The summed E-state index contributed by atoms with van der Waals surface area (Å²) in [6.45, 7) is 3.51. The van der Waals surface area contributed by atoms with Gasteiger partial charge in [0.05, 0.1) is 0 Å². The van der Waals surface area contributed by atoms with Gasteiger partial charge in [0.15, 0.2) is 5.78 Å². The molecule has 1 aliphatic rings. The summed E-state index contributed by atoms with van der Waals surface area (Å²) < 4.78 is 15.1. The van der Waals surface area contributed by atoms with E-state index in [1.54, 1.807) is 18.2 Å². The predicted octanol–water partition coefficient (Wildman–Crippen LogP) is 3.86.